The predicted molar refractivity (Wildman–Crippen MR) is 137 cm³/mol. The Morgan fingerprint density at radius 3 is 2.66 bits per heavy atom. The van der Waals surface area contributed by atoms with Gasteiger partial charge in [0.15, 0.2) is 11.5 Å². The van der Waals surface area contributed by atoms with Crippen LogP contribution in [0.15, 0.2) is 29.0 Å². The maximum absolute atomic E-state index is 5.68. The smallest absolute Gasteiger partial charge is 0.164 e. The van der Waals surface area contributed by atoms with Crippen molar-refractivity contribution in [2.24, 2.45) is 0 Å². The molecule has 0 amide bonds. The van der Waals surface area contributed by atoms with Crippen molar-refractivity contribution in [1.82, 2.24) is 10.2 Å². The maximum atomic E-state index is 5.68. The fourth-order valence-corrected chi connectivity index (χ4v) is 5.65. The summed E-state index contributed by atoms with van der Waals surface area (Å²) in [4.78, 5) is 2.75. The topological polar surface area (TPSA) is 33.7 Å². The van der Waals surface area contributed by atoms with Gasteiger partial charge >= 0.3 is 0 Å². The van der Waals surface area contributed by atoms with Crippen molar-refractivity contribution in [2.75, 3.05) is 40.4 Å². The van der Waals surface area contributed by atoms with Crippen LogP contribution in [0.1, 0.15) is 62.1 Å². The SMILES string of the molecule is CCCN(CCCCCCNCCc1ccsc1)[C@H]1CCc2c(ccc(OC)c2OC)C1. The highest BCUT2D eigenvalue weighted by molar-refractivity contribution is 7.07. The predicted octanol–water partition coefficient (Wildman–Crippen LogP) is 5.73. The van der Waals surface area contributed by atoms with E-state index in [1.807, 2.05) is 0 Å². The second-order valence-electron chi connectivity index (χ2n) is 8.92. The highest BCUT2D eigenvalue weighted by Gasteiger charge is 2.26. The Morgan fingerprint density at radius 1 is 1.03 bits per heavy atom. The highest BCUT2D eigenvalue weighted by atomic mass is 32.1. The van der Waals surface area contributed by atoms with Crippen LogP contribution in [0.5, 0.6) is 11.5 Å². The van der Waals surface area contributed by atoms with Gasteiger partial charge in [-0.15, -0.1) is 0 Å². The van der Waals surface area contributed by atoms with Gasteiger partial charge in [0.25, 0.3) is 0 Å². The number of nitrogens with zero attached hydrogens (tertiary/aromatic N) is 1. The Balaban J connectivity index is 1.36. The van der Waals surface area contributed by atoms with Gasteiger partial charge in [0, 0.05) is 11.6 Å². The minimum Gasteiger partial charge on any atom is -0.493 e. The molecule has 1 atom stereocenters. The lowest BCUT2D eigenvalue weighted by Crippen LogP contribution is -2.40. The number of methoxy groups -OCH3 is 2. The van der Waals surface area contributed by atoms with E-state index in [1.165, 1.54) is 68.3 Å². The minimum absolute atomic E-state index is 0.652. The molecule has 178 valence electrons. The first kappa shape index (κ1) is 25.1. The Labute approximate surface area is 199 Å². The monoisotopic (exact) mass is 458 g/mol. The van der Waals surface area contributed by atoms with E-state index in [2.05, 4.69) is 46.1 Å². The third-order valence-corrected chi connectivity index (χ3v) is 7.41. The van der Waals surface area contributed by atoms with E-state index in [0.29, 0.717) is 6.04 Å². The molecule has 1 aromatic heterocycles. The summed E-state index contributed by atoms with van der Waals surface area (Å²) < 4.78 is 11.2. The molecule has 1 N–H and O–H groups in total. The summed E-state index contributed by atoms with van der Waals surface area (Å²) >= 11 is 1.79. The summed E-state index contributed by atoms with van der Waals surface area (Å²) in [6.45, 7) is 6.98. The fraction of sp³-hybridized carbons (Fsp3) is 0.630. The molecule has 4 nitrogen and oxygen atoms in total. The molecule has 1 aromatic carbocycles. The Kier molecular flexibility index (Phi) is 10.9. The van der Waals surface area contributed by atoms with E-state index in [1.54, 1.807) is 25.6 Å². The van der Waals surface area contributed by atoms with Crippen LogP contribution in [0.4, 0.5) is 0 Å². The fourth-order valence-electron chi connectivity index (χ4n) is 4.95. The van der Waals surface area contributed by atoms with E-state index in [0.717, 1.165) is 43.9 Å². The molecule has 1 heterocycles. The number of hydrogen-bond acceptors (Lipinski definition) is 5. The number of fused-ring (bicyclic) bond motifs is 1. The van der Waals surface area contributed by atoms with Crippen LogP contribution in [0.3, 0.4) is 0 Å². The number of ether oxygens (including phenoxy) is 2. The van der Waals surface area contributed by atoms with Crippen molar-refractivity contribution < 1.29 is 9.47 Å². The number of thiophene rings is 1. The van der Waals surface area contributed by atoms with Crippen LogP contribution >= 0.6 is 11.3 Å². The molecule has 3 rings (SSSR count). The van der Waals surface area contributed by atoms with Gasteiger partial charge in [-0.05, 0) is 105 Å². The van der Waals surface area contributed by atoms with E-state index in [4.69, 9.17) is 9.47 Å². The summed E-state index contributed by atoms with van der Waals surface area (Å²) in [5, 5.41) is 8.01. The van der Waals surface area contributed by atoms with Crippen LogP contribution in [-0.4, -0.2) is 51.3 Å². The Morgan fingerprint density at radius 2 is 1.91 bits per heavy atom. The van der Waals surface area contributed by atoms with Gasteiger partial charge in [0.2, 0.25) is 0 Å². The molecule has 2 aromatic rings. The summed E-state index contributed by atoms with van der Waals surface area (Å²) in [5.74, 6) is 1.80. The van der Waals surface area contributed by atoms with Crippen molar-refractivity contribution in [3.63, 3.8) is 0 Å². The standard InChI is InChI=1S/C27H42N2O2S/c1-4-17-29(18-8-6-5-7-15-28-16-13-22-14-19-32-21-22)24-10-11-25-23(20-24)9-12-26(30-2)27(25)31-3/h9,12,14,19,21,24,28H,4-8,10-11,13,15-18,20H2,1-3H3/t24-/m0/s1. The highest BCUT2D eigenvalue weighted by Crippen LogP contribution is 2.38. The van der Waals surface area contributed by atoms with Crippen molar-refractivity contribution in [3.05, 3.63) is 45.6 Å². The average Bonchev–Trinajstić information content (AvgIpc) is 3.34. The normalized spacial score (nSPS) is 15.7. The minimum atomic E-state index is 0.652. The van der Waals surface area contributed by atoms with Crippen molar-refractivity contribution in [3.8, 4) is 11.5 Å². The molecule has 32 heavy (non-hydrogen) atoms. The van der Waals surface area contributed by atoms with Crippen LogP contribution < -0.4 is 14.8 Å². The summed E-state index contributed by atoms with van der Waals surface area (Å²) in [6, 6.07) is 7.20. The maximum Gasteiger partial charge on any atom is 0.164 e. The average molecular weight is 459 g/mol. The molecule has 0 fully saturated rings. The van der Waals surface area contributed by atoms with Gasteiger partial charge in [-0.25, -0.2) is 0 Å². The van der Waals surface area contributed by atoms with Gasteiger partial charge in [-0.3, -0.25) is 0 Å². The Bertz CT molecular complexity index is 778. The molecular formula is C27H42N2O2S. The third kappa shape index (κ3) is 7.23. The molecule has 5 heteroatoms. The lowest BCUT2D eigenvalue weighted by molar-refractivity contribution is 0.175. The van der Waals surface area contributed by atoms with Crippen LogP contribution in [-0.2, 0) is 19.3 Å². The van der Waals surface area contributed by atoms with E-state index >= 15 is 0 Å². The first-order chi connectivity index (χ1) is 15.8. The second-order valence-corrected chi connectivity index (χ2v) is 9.70. The number of benzene rings is 1. The third-order valence-electron chi connectivity index (χ3n) is 6.68. The number of rotatable bonds is 15. The lowest BCUT2D eigenvalue weighted by atomic mass is 9.86. The quantitative estimate of drug-likeness (QED) is 0.346. The van der Waals surface area contributed by atoms with Gasteiger partial charge in [-0.2, -0.15) is 11.3 Å². The van der Waals surface area contributed by atoms with Gasteiger partial charge in [-0.1, -0.05) is 25.8 Å². The second kappa shape index (κ2) is 13.9. The van der Waals surface area contributed by atoms with Gasteiger partial charge < -0.3 is 19.7 Å². The summed E-state index contributed by atoms with van der Waals surface area (Å²) in [6.07, 6.45) is 11.1. The van der Waals surface area contributed by atoms with Crippen molar-refractivity contribution >= 4 is 11.3 Å². The number of nitrogens with one attached hydrogen (secondary N) is 1. The summed E-state index contributed by atoms with van der Waals surface area (Å²) in [5.41, 5.74) is 4.25. The molecule has 1 aliphatic rings. The first-order valence-corrected chi connectivity index (χ1v) is 13.4. The lowest BCUT2D eigenvalue weighted by Gasteiger charge is -2.36. The largest absolute Gasteiger partial charge is 0.493 e. The molecule has 0 saturated carbocycles. The molecule has 0 saturated heterocycles. The van der Waals surface area contributed by atoms with Gasteiger partial charge in [0.1, 0.15) is 0 Å². The zero-order valence-corrected chi connectivity index (χ0v) is 21.1. The number of unbranched alkanes of at least 4 members (excludes halogenated alkanes) is 3. The van der Waals surface area contributed by atoms with E-state index in [9.17, 15) is 0 Å². The van der Waals surface area contributed by atoms with Crippen molar-refractivity contribution in [2.45, 2.75) is 70.8 Å². The Hall–Kier alpha value is -1.56. The van der Waals surface area contributed by atoms with Crippen LogP contribution in [0.25, 0.3) is 0 Å². The first-order valence-electron chi connectivity index (χ1n) is 12.4. The molecule has 0 bridgehead atoms. The molecule has 0 aliphatic heterocycles. The van der Waals surface area contributed by atoms with Gasteiger partial charge in [0.05, 0.1) is 14.2 Å². The molecule has 0 spiro atoms. The summed E-state index contributed by atoms with van der Waals surface area (Å²) in [7, 11) is 3.48. The number of hydrogen-bond donors (Lipinski definition) is 1. The van der Waals surface area contributed by atoms with Crippen LogP contribution in [0, 0.1) is 0 Å². The van der Waals surface area contributed by atoms with Crippen molar-refractivity contribution in [1.29, 1.82) is 0 Å². The molecule has 0 radical (unpaired) electrons. The molecule has 0 unspecified atom stereocenters. The molecule has 1 aliphatic carbocycles. The van der Waals surface area contributed by atoms with E-state index < -0.39 is 0 Å². The zero-order valence-electron chi connectivity index (χ0n) is 20.3. The zero-order chi connectivity index (χ0) is 22.6. The van der Waals surface area contributed by atoms with E-state index in [-0.39, 0.29) is 0 Å². The molecular weight excluding hydrogens is 416 g/mol. The van der Waals surface area contributed by atoms with Crippen LogP contribution in [0.2, 0.25) is 0 Å².